The Morgan fingerprint density at radius 2 is 1.61 bits per heavy atom. The summed E-state index contributed by atoms with van der Waals surface area (Å²) in [6.07, 6.45) is 0.636. The summed E-state index contributed by atoms with van der Waals surface area (Å²) in [5.74, 6) is 0. The number of aliphatic hydroxyl groups excluding tert-OH is 1. The number of benzene rings is 2. The van der Waals surface area contributed by atoms with Gasteiger partial charge in [-0.1, -0.05) is 60.7 Å². The van der Waals surface area contributed by atoms with Gasteiger partial charge in [-0.25, -0.2) is 0 Å². The fourth-order valence-corrected chi connectivity index (χ4v) is 1.75. The molecule has 6 heteroatoms. The Hall–Kier alpha value is -0.414. The van der Waals surface area contributed by atoms with Crippen molar-refractivity contribution in [1.82, 2.24) is 0 Å². The summed E-state index contributed by atoms with van der Waals surface area (Å²) in [5.41, 5.74) is 5.50. The van der Waals surface area contributed by atoms with E-state index in [0.717, 1.165) is 24.5 Å². The van der Waals surface area contributed by atoms with Crippen LogP contribution in [0.25, 0.3) is 5.64 Å². The first-order valence-electron chi connectivity index (χ1n) is 6.85. The maximum Gasteiger partial charge on any atom is 1.00 e. The average molecular weight is 341 g/mol. The van der Waals surface area contributed by atoms with Gasteiger partial charge in [0.25, 0.3) is 0 Å². The number of hydrogen-bond donors (Lipinski definition) is 1. The van der Waals surface area contributed by atoms with Crippen molar-refractivity contribution >= 4 is 6.29 Å². The van der Waals surface area contributed by atoms with Crippen LogP contribution in [0.1, 0.15) is 23.7 Å². The van der Waals surface area contributed by atoms with Gasteiger partial charge in [0.1, 0.15) is 6.29 Å². The van der Waals surface area contributed by atoms with Crippen molar-refractivity contribution in [2.24, 2.45) is 0 Å². The molecule has 0 aliphatic heterocycles. The normalized spacial score (nSPS) is 10.7. The van der Waals surface area contributed by atoms with E-state index in [1.807, 2.05) is 60.7 Å². The number of aliphatic hydroxyl groups is 1. The third kappa shape index (κ3) is 9.46. The molecule has 1 unspecified atom stereocenters. The molecule has 0 spiro atoms. The zero-order valence-corrected chi connectivity index (χ0v) is 16.6. The van der Waals surface area contributed by atoms with Gasteiger partial charge in [-0.05, 0) is 11.1 Å². The van der Waals surface area contributed by atoms with Crippen LogP contribution in [0.2, 0.25) is 0 Å². The molecule has 5 nitrogen and oxygen atoms in total. The Kier molecular flexibility index (Phi) is 14.9. The van der Waals surface area contributed by atoms with Gasteiger partial charge < -0.3 is 25.2 Å². The molecule has 1 N–H and O–H groups in total. The molecule has 0 amide bonds. The second-order valence-electron chi connectivity index (χ2n) is 4.24. The van der Waals surface area contributed by atoms with Crippen LogP contribution in [0, 0.1) is 0 Å². The molecule has 0 radical (unpaired) electrons. The second-order valence-corrected chi connectivity index (χ2v) is 4.24. The summed E-state index contributed by atoms with van der Waals surface area (Å²) < 4.78 is 0. The van der Waals surface area contributed by atoms with Crippen LogP contribution >= 0.6 is 0 Å². The molecule has 2 rings (SSSR count). The van der Waals surface area contributed by atoms with Crippen LogP contribution in [-0.2, 0) is 21.1 Å². The van der Waals surface area contributed by atoms with Crippen molar-refractivity contribution in [1.29, 1.82) is 0 Å². The molecule has 0 heterocycles. The van der Waals surface area contributed by atoms with Crippen molar-refractivity contribution in [2.75, 3.05) is 7.11 Å². The molecule has 0 saturated carbocycles. The monoisotopic (exact) mass is 341 g/mol. The third-order valence-corrected chi connectivity index (χ3v) is 2.78. The standard InChI is InChI=1S/C16H16NO3.CH4O.K/c18-12-11-16(15-9-5-2-6-10-15)20-17-19-13-14-7-3-1-4-8-14;1-2;/h1-10,12,16H,11,13H2;2H,1H3;/q-1;;+1. The van der Waals surface area contributed by atoms with Crippen molar-refractivity contribution < 1.29 is 71.0 Å². The van der Waals surface area contributed by atoms with Crippen molar-refractivity contribution in [3.63, 3.8) is 0 Å². The number of nitrogens with zero attached hydrogens (tertiary/aromatic N) is 1. The van der Waals surface area contributed by atoms with Crippen LogP contribution in [-0.4, -0.2) is 18.5 Å². The first-order valence-corrected chi connectivity index (χ1v) is 6.85. The van der Waals surface area contributed by atoms with E-state index in [-0.39, 0.29) is 57.8 Å². The maximum absolute atomic E-state index is 10.7. The molecule has 0 bridgehead atoms. The van der Waals surface area contributed by atoms with Crippen LogP contribution in [0.4, 0.5) is 0 Å². The van der Waals surface area contributed by atoms with Crippen LogP contribution in [0.3, 0.4) is 0 Å². The molecule has 0 aliphatic carbocycles. The summed E-state index contributed by atoms with van der Waals surface area (Å²) in [5, 5.41) is 7.00. The molecule has 1 atom stereocenters. The number of hydrogen-bond acceptors (Lipinski definition) is 4. The van der Waals surface area contributed by atoms with E-state index >= 15 is 0 Å². The Labute approximate surface area is 179 Å². The van der Waals surface area contributed by atoms with Crippen LogP contribution in [0.5, 0.6) is 0 Å². The molecule has 0 aromatic heterocycles. The maximum atomic E-state index is 10.7. The van der Waals surface area contributed by atoms with E-state index < -0.39 is 6.10 Å². The Balaban J connectivity index is 0.00000155. The quantitative estimate of drug-likeness (QED) is 0.326. The Morgan fingerprint density at radius 1 is 1.04 bits per heavy atom. The van der Waals surface area contributed by atoms with E-state index in [1.54, 1.807) is 0 Å². The summed E-state index contributed by atoms with van der Waals surface area (Å²) in [7, 11) is 1.00. The Bertz CT molecular complexity index is 511. The summed E-state index contributed by atoms with van der Waals surface area (Å²) in [6, 6.07) is 19.1. The second kappa shape index (κ2) is 15.1. The van der Waals surface area contributed by atoms with E-state index in [1.165, 1.54) is 0 Å². The van der Waals surface area contributed by atoms with Gasteiger partial charge in [0.2, 0.25) is 0 Å². The predicted molar refractivity (Wildman–Crippen MR) is 83.7 cm³/mol. The smallest absolute Gasteiger partial charge is 0.458 e. The molecule has 2 aromatic rings. The van der Waals surface area contributed by atoms with E-state index in [9.17, 15) is 4.79 Å². The number of aldehydes is 1. The minimum absolute atomic E-state index is 0. The number of carbonyl (C=O) groups is 1. The molecule has 2 aromatic carbocycles. The number of carbonyl (C=O) groups excluding carboxylic acids is 1. The van der Waals surface area contributed by atoms with Gasteiger partial charge in [-0.15, -0.1) is 0 Å². The topological polar surface area (TPSA) is 69.9 Å². The molecule has 0 aliphatic rings. The SMILES string of the molecule is CO.O=CCC(O[N-]OCc1ccccc1)c1ccccc1.[K+]. The van der Waals surface area contributed by atoms with E-state index in [0.29, 0.717) is 6.61 Å². The minimum Gasteiger partial charge on any atom is -0.458 e. The first-order chi connectivity index (χ1) is 10.9. The van der Waals surface area contributed by atoms with Crippen LogP contribution < -0.4 is 51.4 Å². The van der Waals surface area contributed by atoms with Gasteiger partial charge in [0, 0.05) is 13.5 Å². The van der Waals surface area contributed by atoms with Crippen molar-refractivity contribution in [3.05, 3.63) is 77.4 Å². The van der Waals surface area contributed by atoms with Gasteiger partial charge in [-0.3, -0.25) is 0 Å². The molecular formula is C17H20KNO4. The molecule has 23 heavy (non-hydrogen) atoms. The fraction of sp³-hybridized carbons (Fsp3) is 0.235. The average Bonchev–Trinajstić information content (AvgIpc) is 2.61. The Morgan fingerprint density at radius 3 is 2.17 bits per heavy atom. The van der Waals surface area contributed by atoms with E-state index in [2.05, 4.69) is 5.64 Å². The summed E-state index contributed by atoms with van der Waals surface area (Å²) in [4.78, 5) is 21.0. The van der Waals surface area contributed by atoms with Gasteiger partial charge in [0.15, 0.2) is 0 Å². The summed E-state index contributed by atoms with van der Waals surface area (Å²) >= 11 is 0. The molecule has 0 saturated heterocycles. The minimum atomic E-state index is -0.413. The molecular weight excluding hydrogens is 321 g/mol. The largest absolute Gasteiger partial charge is 1.00 e. The van der Waals surface area contributed by atoms with E-state index in [4.69, 9.17) is 14.8 Å². The zero-order chi connectivity index (χ0) is 16.0. The predicted octanol–water partition coefficient (Wildman–Crippen LogP) is 0.366. The zero-order valence-electron chi connectivity index (χ0n) is 13.5. The van der Waals surface area contributed by atoms with Crippen LogP contribution in [0.15, 0.2) is 60.7 Å². The van der Waals surface area contributed by atoms with Crippen molar-refractivity contribution in [2.45, 2.75) is 19.1 Å². The fourth-order valence-electron chi connectivity index (χ4n) is 1.75. The van der Waals surface area contributed by atoms with Gasteiger partial charge >= 0.3 is 51.4 Å². The number of rotatable bonds is 8. The van der Waals surface area contributed by atoms with Crippen molar-refractivity contribution in [3.8, 4) is 0 Å². The third-order valence-electron chi connectivity index (χ3n) is 2.78. The molecule has 0 fully saturated rings. The summed E-state index contributed by atoms with van der Waals surface area (Å²) in [6.45, 7) is 0.337. The molecule has 118 valence electrons. The first kappa shape index (κ1) is 22.6. The van der Waals surface area contributed by atoms with Gasteiger partial charge in [-0.2, -0.15) is 0 Å². The van der Waals surface area contributed by atoms with Gasteiger partial charge in [0.05, 0.1) is 12.7 Å².